The van der Waals surface area contributed by atoms with Gasteiger partial charge >= 0.3 is 5.97 Å². The molecule has 146 valence electrons. The number of likely N-dealkylation sites (tertiary alicyclic amines) is 1. The molecule has 7 heteroatoms. The largest absolute Gasteiger partial charge is 0.481 e. The third-order valence-corrected chi connectivity index (χ3v) is 4.49. The Morgan fingerprint density at radius 1 is 0.964 bits per heavy atom. The van der Waals surface area contributed by atoms with Crippen LogP contribution in [0.15, 0.2) is 54.6 Å². The number of primary amides is 1. The summed E-state index contributed by atoms with van der Waals surface area (Å²) in [4.78, 5) is 38.4. The Morgan fingerprint density at radius 3 is 2.29 bits per heavy atom. The normalized spacial score (nSPS) is 14.4. The van der Waals surface area contributed by atoms with Crippen molar-refractivity contribution >= 4 is 17.8 Å². The van der Waals surface area contributed by atoms with Gasteiger partial charge in [-0.25, -0.2) is 4.79 Å². The van der Waals surface area contributed by atoms with Crippen LogP contribution in [0.1, 0.15) is 34.9 Å². The van der Waals surface area contributed by atoms with Gasteiger partial charge in [-0.05, 0) is 25.0 Å². The molecule has 1 aliphatic heterocycles. The van der Waals surface area contributed by atoms with Crippen molar-refractivity contribution in [3.05, 3.63) is 65.7 Å². The summed E-state index contributed by atoms with van der Waals surface area (Å²) in [5.41, 5.74) is 6.07. The maximum absolute atomic E-state index is 12.8. The number of rotatable bonds is 7. The van der Waals surface area contributed by atoms with Gasteiger partial charge in [0.05, 0.1) is 5.56 Å². The fourth-order valence-corrected chi connectivity index (χ4v) is 3.09. The average Bonchev–Trinajstić information content (AvgIpc) is 3.25. The lowest BCUT2D eigenvalue weighted by Gasteiger charge is -2.23. The lowest BCUT2D eigenvalue weighted by molar-refractivity contribution is -0.162. The molecule has 3 rings (SSSR count). The second-order valence-electron chi connectivity index (χ2n) is 6.46. The van der Waals surface area contributed by atoms with E-state index in [1.807, 2.05) is 6.07 Å². The van der Waals surface area contributed by atoms with E-state index in [1.54, 1.807) is 41.3 Å². The number of hydrogen-bond donors (Lipinski definition) is 1. The van der Waals surface area contributed by atoms with E-state index in [0.29, 0.717) is 18.7 Å². The number of carbonyl (C=O) groups is 3. The molecule has 2 aromatic rings. The number of hydrogen-bond acceptors (Lipinski definition) is 5. The highest BCUT2D eigenvalue weighted by Crippen LogP contribution is 2.23. The number of benzene rings is 2. The van der Waals surface area contributed by atoms with Crippen LogP contribution in [0.25, 0.3) is 0 Å². The minimum Gasteiger partial charge on any atom is -0.481 e. The molecule has 28 heavy (non-hydrogen) atoms. The number of para-hydroxylation sites is 1. The van der Waals surface area contributed by atoms with Gasteiger partial charge in [-0.3, -0.25) is 9.59 Å². The Morgan fingerprint density at radius 2 is 1.61 bits per heavy atom. The SMILES string of the molecule is NC(=O)c1ccccc1OCC(=O)O[C@H](C(=O)N1CCCC1)c1ccccc1. The second kappa shape index (κ2) is 9.03. The van der Waals surface area contributed by atoms with Crippen LogP contribution >= 0.6 is 0 Å². The molecule has 2 aromatic carbocycles. The summed E-state index contributed by atoms with van der Waals surface area (Å²) in [7, 11) is 0. The highest BCUT2D eigenvalue weighted by Gasteiger charge is 2.31. The van der Waals surface area contributed by atoms with Crippen molar-refractivity contribution in [1.29, 1.82) is 0 Å². The smallest absolute Gasteiger partial charge is 0.345 e. The summed E-state index contributed by atoms with van der Waals surface area (Å²) < 4.78 is 10.9. The van der Waals surface area contributed by atoms with E-state index in [4.69, 9.17) is 15.2 Å². The molecule has 0 aromatic heterocycles. The van der Waals surface area contributed by atoms with Gasteiger partial charge in [-0.15, -0.1) is 0 Å². The Labute approximate surface area is 163 Å². The molecule has 1 fully saturated rings. The molecule has 2 N–H and O–H groups in total. The Bertz CT molecular complexity index is 847. The summed E-state index contributed by atoms with van der Waals surface area (Å²) in [6, 6.07) is 15.2. The summed E-state index contributed by atoms with van der Waals surface area (Å²) in [5, 5.41) is 0. The van der Waals surface area contributed by atoms with Crippen molar-refractivity contribution < 1.29 is 23.9 Å². The molecule has 0 bridgehead atoms. The zero-order chi connectivity index (χ0) is 19.9. The summed E-state index contributed by atoms with van der Waals surface area (Å²) in [5.74, 6) is -1.42. The zero-order valence-electron chi connectivity index (χ0n) is 15.4. The molecular formula is C21H22N2O5. The van der Waals surface area contributed by atoms with Crippen LogP contribution in [0, 0.1) is 0 Å². The molecule has 7 nitrogen and oxygen atoms in total. The summed E-state index contributed by atoms with van der Waals surface area (Å²) in [6.07, 6.45) is 0.851. The predicted molar refractivity (Wildman–Crippen MR) is 102 cm³/mol. The van der Waals surface area contributed by atoms with E-state index < -0.39 is 24.6 Å². The van der Waals surface area contributed by atoms with Gasteiger partial charge in [-0.1, -0.05) is 42.5 Å². The van der Waals surface area contributed by atoms with E-state index >= 15 is 0 Å². The van der Waals surface area contributed by atoms with Crippen molar-refractivity contribution in [2.24, 2.45) is 5.73 Å². The maximum atomic E-state index is 12.8. The van der Waals surface area contributed by atoms with Gasteiger partial charge in [0.2, 0.25) is 6.10 Å². The van der Waals surface area contributed by atoms with Crippen molar-refractivity contribution in [2.45, 2.75) is 18.9 Å². The molecule has 0 radical (unpaired) electrons. The van der Waals surface area contributed by atoms with Crippen LogP contribution in [0.2, 0.25) is 0 Å². The number of esters is 1. The molecule has 1 aliphatic rings. The zero-order valence-corrected chi connectivity index (χ0v) is 15.4. The van der Waals surface area contributed by atoms with Gasteiger partial charge in [0.1, 0.15) is 5.75 Å². The first kappa shape index (κ1) is 19.4. The average molecular weight is 382 g/mol. The predicted octanol–water partition coefficient (Wildman–Crippen LogP) is 2.07. The van der Waals surface area contributed by atoms with Crippen LogP contribution in [-0.4, -0.2) is 42.4 Å². The van der Waals surface area contributed by atoms with Gasteiger partial charge in [-0.2, -0.15) is 0 Å². The molecule has 0 spiro atoms. The van der Waals surface area contributed by atoms with E-state index in [2.05, 4.69) is 0 Å². The lowest BCUT2D eigenvalue weighted by Crippen LogP contribution is -2.35. The van der Waals surface area contributed by atoms with Crippen LogP contribution in [0.4, 0.5) is 0 Å². The number of amides is 2. The van der Waals surface area contributed by atoms with Gasteiger partial charge in [0.15, 0.2) is 6.61 Å². The first-order valence-electron chi connectivity index (χ1n) is 9.11. The number of nitrogens with zero attached hydrogens (tertiary/aromatic N) is 1. The monoisotopic (exact) mass is 382 g/mol. The first-order valence-corrected chi connectivity index (χ1v) is 9.11. The van der Waals surface area contributed by atoms with Crippen molar-refractivity contribution in [3.8, 4) is 5.75 Å². The van der Waals surface area contributed by atoms with E-state index in [0.717, 1.165) is 12.8 Å². The van der Waals surface area contributed by atoms with Crippen LogP contribution in [0.5, 0.6) is 5.75 Å². The van der Waals surface area contributed by atoms with Gasteiger partial charge in [0, 0.05) is 18.7 Å². The highest BCUT2D eigenvalue weighted by atomic mass is 16.6. The van der Waals surface area contributed by atoms with Gasteiger partial charge in [0.25, 0.3) is 11.8 Å². The van der Waals surface area contributed by atoms with Crippen molar-refractivity contribution in [2.75, 3.05) is 19.7 Å². The lowest BCUT2D eigenvalue weighted by atomic mass is 10.1. The summed E-state index contributed by atoms with van der Waals surface area (Å²) in [6.45, 7) is 0.866. The quantitative estimate of drug-likeness (QED) is 0.739. The fraction of sp³-hybridized carbons (Fsp3) is 0.286. The van der Waals surface area contributed by atoms with Crippen molar-refractivity contribution in [3.63, 3.8) is 0 Å². The maximum Gasteiger partial charge on any atom is 0.345 e. The fourth-order valence-electron chi connectivity index (χ4n) is 3.09. The molecule has 0 saturated carbocycles. The molecule has 2 amide bonds. The molecule has 1 saturated heterocycles. The third kappa shape index (κ3) is 4.68. The minimum atomic E-state index is -1.03. The number of nitrogens with two attached hydrogens (primary N) is 1. The second-order valence-corrected chi connectivity index (χ2v) is 6.46. The Hall–Kier alpha value is -3.35. The van der Waals surface area contributed by atoms with Gasteiger partial charge < -0.3 is 20.1 Å². The number of ether oxygens (including phenoxy) is 2. The molecule has 1 heterocycles. The molecule has 0 aliphatic carbocycles. The molecule has 0 unspecified atom stereocenters. The van der Waals surface area contributed by atoms with Crippen LogP contribution < -0.4 is 10.5 Å². The summed E-state index contributed by atoms with van der Waals surface area (Å²) >= 11 is 0. The highest BCUT2D eigenvalue weighted by molar-refractivity contribution is 5.95. The standard InChI is InChI=1S/C21H22N2O5/c22-20(25)16-10-4-5-11-17(16)27-14-18(24)28-19(15-8-2-1-3-9-15)21(26)23-12-6-7-13-23/h1-5,8-11,19H,6-7,12-14H2,(H2,22,25)/t19-/m0/s1. The Kier molecular flexibility index (Phi) is 6.26. The number of carbonyl (C=O) groups excluding carboxylic acids is 3. The van der Waals surface area contributed by atoms with Crippen LogP contribution in [-0.2, 0) is 14.3 Å². The first-order chi connectivity index (χ1) is 13.6. The third-order valence-electron chi connectivity index (χ3n) is 4.49. The van der Waals surface area contributed by atoms with Crippen LogP contribution in [0.3, 0.4) is 0 Å². The van der Waals surface area contributed by atoms with E-state index in [-0.39, 0.29) is 17.2 Å². The van der Waals surface area contributed by atoms with E-state index in [9.17, 15) is 14.4 Å². The minimum absolute atomic E-state index is 0.169. The molecular weight excluding hydrogens is 360 g/mol. The Balaban J connectivity index is 1.69. The van der Waals surface area contributed by atoms with Crippen molar-refractivity contribution in [1.82, 2.24) is 4.90 Å². The van der Waals surface area contributed by atoms with E-state index in [1.165, 1.54) is 12.1 Å². The molecule has 1 atom stereocenters. The topological polar surface area (TPSA) is 98.9 Å².